The molecule has 10 nitrogen and oxygen atoms in total. The summed E-state index contributed by atoms with van der Waals surface area (Å²) in [4.78, 5) is 35.4. The molecule has 44 heavy (non-hydrogen) atoms. The quantitative estimate of drug-likeness (QED) is 0.285. The lowest BCUT2D eigenvalue weighted by Crippen LogP contribution is -2.71. The summed E-state index contributed by atoms with van der Waals surface area (Å²) in [5.74, 6) is -1.06. The zero-order chi connectivity index (χ0) is 30.5. The van der Waals surface area contributed by atoms with Crippen LogP contribution in [0.5, 0.6) is 0 Å². The Morgan fingerprint density at radius 3 is 2.00 bits per heavy atom. The number of nitrogens with zero attached hydrogens (tertiary/aromatic N) is 2. The fraction of sp³-hybridized carbons (Fsp3) is 0.250. The number of carbonyl (C=O) groups excluding carboxylic acids is 2. The van der Waals surface area contributed by atoms with E-state index in [0.29, 0.717) is 10.0 Å². The summed E-state index contributed by atoms with van der Waals surface area (Å²) in [7, 11) is 0. The van der Waals surface area contributed by atoms with Crippen LogP contribution in [0.4, 0.5) is 0 Å². The van der Waals surface area contributed by atoms with Gasteiger partial charge in [0.25, 0.3) is 11.8 Å². The minimum absolute atomic E-state index is 0.0816. The maximum atomic E-state index is 13.6. The summed E-state index contributed by atoms with van der Waals surface area (Å²) in [5.41, 5.74) is 1.86. The molecule has 0 radical (unpaired) electrons. The van der Waals surface area contributed by atoms with E-state index < -0.39 is 48.7 Å². The van der Waals surface area contributed by atoms with Gasteiger partial charge in [0.05, 0.1) is 19.3 Å². The molecular weight excluding hydrogens is 607 g/mol. The Kier molecular flexibility index (Phi) is 9.46. The molecule has 2 fully saturated rings. The first-order valence-electron chi connectivity index (χ1n) is 13.9. The van der Waals surface area contributed by atoms with Crippen LogP contribution in [0.15, 0.2) is 97.3 Å². The second kappa shape index (κ2) is 13.8. The molecule has 2 aliphatic rings. The van der Waals surface area contributed by atoms with E-state index in [9.17, 15) is 9.59 Å². The minimum atomic E-state index is -1.02. The minimum Gasteiger partial charge on any atom is -0.346 e. The molecule has 2 N–H and O–H groups in total. The number of hydrogen-bond donors (Lipinski definition) is 2. The molecule has 6 rings (SSSR count). The van der Waals surface area contributed by atoms with Gasteiger partial charge in [-0.3, -0.25) is 19.6 Å². The maximum absolute atomic E-state index is 13.6. The number of rotatable bonds is 8. The summed E-state index contributed by atoms with van der Waals surface area (Å²) in [6, 6.07) is 23.2. The number of benzene rings is 2. The molecule has 0 unspecified atom stereocenters. The first kappa shape index (κ1) is 30.1. The van der Waals surface area contributed by atoms with Crippen LogP contribution in [0.2, 0.25) is 10.0 Å². The summed E-state index contributed by atoms with van der Waals surface area (Å²) in [6.07, 6.45) is -0.285. The molecule has 2 aliphatic heterocycles. The second-order valence-corrected chi connectivity index (χ2v) is 11.1. The van der Waals surface area contributed by atoms with Crippen molar-refractivity contribution in [3.8, 4) is 0 Å². The third-order valence-electron chi connectivity index (χ3n) is 7.24. The third kappa shape index (κ3) is 7.07. The van der Waals surface area contributed by atoms with Gasteiger partial charge in [-0.2, -0.15) is 0 Å². The van der Waals surface area contributed by atoms with E-state index in [0.717, 1.165) is 11.1 Å². The van der Waals surface area contributed by atoms with Crippen molar-refractivity contribution in [3.63, 3.8) is 0 Å². The normalized spacial score (nSPS) is 24.6. The van der Waals surface area contributed by atoms with Crippen LogP contribution in [-0.4, -0.2) is 59.0 Å². The zero-order valence-electron chi connectivity index (χ0n) is 23.2. The molecule has 4 aromatic rings. The Labute approximate surface area is 263 Å². The van der Waals surface area contributed by atoms with Crippen molar-refractivity contribution in [2.45, 2.75) is 43.5 Å². The number of ether oxygens (including phenoxy) is 4. The van der Waals surface area contributed by atoms with Crippen molar-refractivity contribution in [3.05, 3.63) is 130 Å². The molecule has 12 heteroatoms. The number of aromatic nitrogens is 2. The molecule has 226 valence electrons. The first-order valence-corrected chi connectivity index (χ1v) is 14.7. The largest absolute Gasteiger partial charge is 0.346 e. The lowest BCUT2D eigenvalue weighted by Gasteiger charge is -2.49. The SMILES string of the molecule is O=C(N[C@@H]1[C@@H](NC(=O)c2cc(Cl)ccn2)[C@@H](OCc2ccccc2)O[C@@H]2CO[C@@H](c3ccccc3)O[C@@H]12)c1cc(Cl)ccn1. The monoisotopic (exact) mass is 634 g/mol. The average Bonchev–Trinajstić information content (AvgIpc) is 3.05. The van der Waals surface area contributed by atoms with Crippen LogP contribution in [0, 0.1) is 0 Å². The Hall–Kier alpha value is -3.90. The van der Waals surface area contributed by atoms with Crippen molar-refractivity contribution in [1.82, 2.24) is 20.6 Å². The van der Waals surface area contributed by atoms with Gasteiger partial charge in [-0.25, -0.2) is 0 Å². The highest BCUT2D eigenvalue weighted by Gasteiger charge is 2.51. The van der Waals surface area contributed by atoms with Crippen molar-refractivity contribution < 1.29 is 28.5 Å². The lowest BCUT2D eigenvalue weighted by molar-refractivity contribution is -0.329. The summed E-state index contributed by atoms with van der Waals surface area (Å²) < 4.78 is 25.1. The molecule has 0 saturated carbocycles. The lowest BCUT2D eigenvalue weighted by atomic mass is 9.92. The van der Waals surface area contributed by atoms with Gasteiger partial charge in [-0.15, -0.1) is 0 Å². The van der Waals surface area contributed by atoms with Crippen LogP contribution in [0.3, 0.4) is 0 Å². The number of carbonyl (C=O) groups is 2. The van der Waals surface area contributed by atoms with Gasteiger partial charge in [-0.1, -0.05) is 83.9 Å². The Morgan fingerprint density at radius 2 is 1.39 bits per heavy atom. The van der Waals surface area contributed by atoms with E-state index in [1.165, 1.54) is 24.5 Å². The van der Waals surface area contributed by atoms with Crippen molar-refractivity contribution in [2.75, 3.05) is 6.61 Å². The number of pyridine rings is 2. The highest BCUT2D eigenvalue weighted by molar-refractivity contribution is 6.31. The summed E-state index contributed by atoms with van der Waals surface area (Å²) >= 11 is 12.3. The number of fused-ring (bicyclic) bond motifs is 1. The molecule has 0 bridgehead atoms. The van der Waals surface area contributed by atoms with Gasteiger partial charge in [0, 0.05) is 28.0 Å². The molecule has 2 aromatic heterocycles. The Bertz CT molecular complexity index is 1600. The molecule has 6 atom stereocenters. The standard InChI is InChI=1S/C32H28Cl2N4O6/c33-21-11-13-35-23(15-21)29(39)37-26-27(38-30(40)24-16-22(34)12-14-36-24)32(41-17-19-7-3-1-4-8-19)43-25-18-42-31(44-28(25)26)20-9-5-2-6-10-20/h1-16,25-28,31-32H,17-18H2,(H,37,39)(H,38,40)/t25-,26-,27-,28-,31-,32+/m1/s1. The van der Waals surface area contributed by atoms with Crippen molar-refractivity contribution >= 4 is 35.0 Å². The fourth-order valence-corrected chi connectivity index (χ4v) is 5.45. The van der Waals surface area contributed by atoms with Crippen LogP contribution in [0.25, 0.3) is 0 Å². The van der Waals surface area contributed by atoms with Gasteiger partial charge in [0.1, 0.15) is 29.6 Å². The topological polar surface area (TPSA) is 121 Å². The van der Waals surface area contributed by atoms with E-state index in [2.05, 4.69) is 20.6 Å². The summed E-state index contributed by atoms with van der Waals surface area (Å²) in [6.45, 7) is 0.323. The molecule has 2 amide bonds. The second-order valence-electron chi connectivity index (χ2n) is 10.2. The van der Waals surface area contributed by atoms with Gasteiger partial charge in [0.15, 0.2) is 12.6 Å². The smallest absolute Gasteiger partial charge is 0.270 e. The van der Waals surface area contributed by atoms with E-state index in [1.807, 2.05) is 60.7 Å². The predicted molar refractivity (Wildman–Crippen MR) is 161 cm³/mol. The van der Waals surface area contributed by atoms with Crippen molar-refractivity contribution in [2.24, 2.45) is 0 Å². The zero-order valence-corrected chi connectivity index (χ0v) is 24.7. The highest BCUT2D eigenvalue weighted by Crippen LogP contribution is 2.35. The first-order chi connectivity index (χ1) is 21.4. The van der Waals surface area contributed by atoms with Crippen LogP contribution < -0.4 is 10.6 Å². The maximum Gasteiger partial charge on any atom is 0.270 e. The fourth-order valence-electron chi connectivity index (χ4n) is 5.13. The number of hydrogen-bond acceptors (Lipinski definition) is 8. The Balaban J connectivity index is 1.35. The van der Waals surface area contributed by atoms with E-state index in [4.69, 9.17) is 42.1 Å². The van der Waals surface area contributed by atoms with Crippen LogP contribution in [0.1, 0.15) is 38.4 Å². The van der Waals surface area contributed by atoms with E-state index in [1.54, 1.807) is 12.1 Å². The molecular formula is C32H28Cl2N4O6. The molecule has 0 aliphatic carbocycles. The Morgan fingerprint density at radius 1 is 0.795 bits per heavy atom. The molecule has 0 spiro atoms. The molecule has 2 aromatic carbocycles. The average molecular weight is 636 g/mol. The number of nitrogens with one attached hydrogen (secondary N) is 2. The highest BCUT2D eigenvalue weighted by atomic mass is 35.5. The number of halogens is 2. The van der Waals surface area contributed by atoms with Crippen LogP contribution >= 0.6 is 23.2 Å². The number of amides is 2. The third-order valence-corrected chi connectivity index (χ3v) is 7.71. The molecule has 2 saturated heterocycles. The summed E-state index contributed by atoms with van der Waals surface area (Å²) in [5, 5.41) is 6.68. The van der Waals surface area contributed by atoms with Gasteiger partial charge >= 0.3 is 0 Å². The van der Waals surface area contributed by atoms with Gasteiger partial charge in [-0.05, 0) is 29.8 Å². The van der Waals surface area contributed by atoms with Crippen molar-refractivity contribution in [1.29, 1.82) is 0 Å². The van der Waals surface area contributed by atoms with E-state index in [-0.39, 0.29) is 24.6 Å². The van der Waals surface area contributed by atoms with Crippen LogP contribution in [-0.2, 0) is 25.6 Å². The van der Waals surface area contributed by atoms with Gasteiger partial charge < -0.3 is 29.6 Å². The molecule has 4 heterocycles. The predicted octanol–water partition coefficient (Wildman–Crippen LogP) is 4.74. The van der Waals surface area contributed by atoms with Gasteiger partial charge in [0.2, 0.25) is 0 Å². The van der Waals surface area contributed by atoms with E-state index >= 15 is 0 Å².